The minimum Gasteiger partial charge on any atom is -0.416 e. The van der Waals surface area contributed by atoms with Gasteiger partial charge in [-0.15, -0.1) is 0 Å². The first-order valence-electron chi connectivity index (χ1n) is 6.26. The lowest BCUT2D eigenvalue weighted by atomic mass is 10.9. The monoisotopic (exact) mass is 326 g/mol. The van der Waals surface area contributed by atoms with Gasteiger partial charge in [-0.2, -0.15) is 0 Å². The van der Waals surface area contributed by atoms with Gasteiger partial charge >= 0.3 is 34.2 Å². The van der Waals surface area contributed by atoms with Gasteiger partial charge in [0, 0.05) is 0 Å². The third-order valence-electron chi connectivity index (χ3n) is 2.64. The van der Waals surface area contributed by atoms with E-state index in [1.165, 1.54) is 0 Å². The average molecular weight is 327 g/mol. The molecule has 1 rings (SSSR count). The van der Waals surface area contributed by atoms with Crippen molar-refractivity contribution >= 4 is 34.2 Å². The molecule has 0 aliphatic carbocycles. The fourth-order valence-corrected chi connectivity index (χ4v) is 23.2. The summed E-state index contributed by atoms with van der Waals surface area (Å²) >= 11 is 0. The van der Waals surface area contributed by atoms with E-state index in [-0.39, 0.29) is 0 Å². The fourth-order valence-electron chi connectivity index (χ4n) is 2.41. The molecule has 0 spiro atoms. The van der Waals surface area contributed by atoms with E-state index in [4.69, 9.17) is 16.5 Å². The van der Waals surface area contributed by atoms with Crippen LogP contribution in [0.4, 0.5) is 0 Å². The van der Waals surface area contributed by atoms with E-state index in [0.29, 0.717) is 0 Å². The van der Waals surface area contributed by atoms with Crippen molar-refractivity contribution < 1.29 is 21.6 Å². The smallest absolute Gasteiger partial charge is 0.346 e. The lowest BCUT2D eigenvalue weighted by Gasteiger charge is -2.48. The van der Waals surface area contributed by atoms with Crippen molar-refractivity contribution in [1.82, 2.24) is 0 Å². The zero-order chi connectivity index (χ0) is 14.4. The second kappa shape index (κ2) is 4.89. The van der Waals surface area contributed by atoms with Gasteiger partial charge < -0.3 is 21.6 Å². The fraction of sp³-hybridized carbons (Fsp3) is 1.00. The van der Waals surface area contributed by atoms with Crippen molar-refractivity contribution in [1.29, 1.82) is 0 Å². The van der Waals surface area contributed by atoms with Gasteiger partial charge in [0.25, 0.3) is 0 Å². The topological polar surface area (TPSA) is 57.2 Å². The third kappa shape index (κ3) is 4.35. The van der Waals surface area contributed by atoms with Crippen molar-refractivity contribution in [3.05, 3.63) is 0 Å². The van der Waals surface area contributed by atoms with Crippen LogP contribution in [0.5, 0.6) is 0 Å². The Morgan fingerprint density at radius 3 is 1.22 bits per heavy atom. The molecule has 0 amide bonds. The van der Waals surface area contributed by atoms with E-state index in [1.54, 1.807) is 6.92 Å². The summed E-state index contributed by atoms with van der Waals surface area (Å²) in [5.41, 5.74) is -0.605. The minimum absolute atomic E-state index is 0.605. The maximum absolute atomic E-state index is 10.0. The molecule has 9 heteroatoms. The molecule has 0 radical (unpaired) electrons. The molecule has 1 unspecified atom stereocenters. The number of aliphatic hydroxyl groups is 1. The SMILES string of the molecule is CC(O)[Si]1(C)O[Si](C)(C)O[Si](C)(C)O[Si](C)(C)O1. The summed E-state index contributed by atoms with van der Waals surface area (Å²) in [5.74, 6) is 0. The molecular weight excluding hydrogens is 300 g/mol. The van der Waals surface area contributed by atoms with Crippen LogP contribution >= 0.6 is 0 Å². The predicted molar refractivity (Wildman–Crippen MR) is 80.1 cm³/mol. The average Bonchev–Trinajstić information content (AvgIpc) is 1.92. The standard InChI is InChI=1S/C9H26O5Si4/c1-9(10)18(8)13-16(4,5)11-15(2,3)12-17(6,7)14-18/h9-10H,1-8H3. The summed E-state index contributed by atoms with van der Waals surface area (Å²) in [7, 11) is -9.57. The highest BCUT2D eigenvalue weighted by atomic mass is 28.5. The molecule has 1 aliphatic heterocycles. The van der Waals surface area contributed by atoms with E-state index in [2.05, 4.69) is 0 Å². The van der Waals surface area contributed by atoms with Crippen molar-refractivity contribution in [3.63, 3.8) is 0 Å². The lowest BCUT2D eigenvalue weighted by molar-refractivity contribution is 0.168. The van der Waals surface area contributed by atoms with Crippen LogP contribution in [0.2, 0.25) is 45.8 Å². The van der Waals surface area contributed by atoms with Crippen molar-refractivity contribution in [3.8, 4) is 0 Å². The highest BCUT2D eigenvalue weighted by Gasteiger charge is 2.54. The first kappa shape index (κ1) is 16.7. The molecule has 1 saturated heterocycles. The second-order valence-electron chi connectivity index (χ2n) is 6.30. The van der Waals surface area contributed by atoms with Gasteiger partial charge in [-0.25, -0.2) is 0 Å². The summed E-state index contributed by atoms with van der Waals surface area (Å²) in [5, 5.41) is 10.0. The second-order valence-corrected chi connectivity index (χ2v) is 20.8. The Morgan fingerprint density at radius 2 is 0.944 bits per heavy atom. The first-order chi connectivity index (χ1) is 7.77. The summed E-state index contributed by atoms with van der Waals surface area (Å²) < 4.78 is 24.7. The van der Waals surface area contributed by atoms with Gasteiger partial charge in [-0.1, -0.05) is 0 Å². The molecule has 0 saturated carbocycles. The van der Waals surface area contributed by atoms with Crippen molar-refractivity contribution in [2.75, 3.05) is 0 Å². The van der Waals surface area contributed by atoms with Gasteiger partial charge in [0.05, 0.1) is 5.73 Å². The van der Waals surface area contributed by atoms with E-state index in [9.17, 15) is 5.11 Å². The molecule has 1 fully saturated rings. The van der Waals surface area contributed by atoms with Gasteiger partial charge in [-0.3, -0.25) is 0 Å². The molecule has 0 aromatic heterocycles. The highest BCUT2D eigenvalue weighted by Crippen LogP contribution is 2.31. The number of aliphatic hydroxyl groups excluding tert-OH is 1. The van der Waals surface area contributed by atoms with E-state index >= 15 is 0 Å². The van der Waals surface area contributed by atoms with Crippen LogP contribution in [-0.2, 0) is 16.5 Å². The van der Waals surface area contributed by atoms with Crippen LogP contribution in [-0.4, -0.2) is 45.1 Å². The molecule has 0 bridgehead atoms. The minimum atomic E-state index is -2.68. The number of hydrogen-bond donors (Lipinski definition) is 1. The van der Waals surface area contributed by atoms with Crippen LogP contribution in [0.1, 0.15) is 6.92 Å². The summed E-state index contributed by atoms with van der Waals surface area (Å²) in [6.07, 6.45) is 0. The molecule has 1 heterocycles. The molecular formula is C9H26O5Si4. The summed E-state index contributed by atoms with van der Waals surface area (Å²) in [6, 6.07) is 0. The maximum atomic E-state index is 10.0. The largest absolute Gasteiger partial charge is 0.416 e. The van der Waals surface area contributed by atoms with Crippen LogP contribution in [0.3, 0.4) is 0 Å². The Kier molecular flexibility index (Phi) is 4.55. The predicted octanol–water partition coefficient (Wildman–Crippen LogP) is 2.16. The van der Waals surface area contributed by atoms with Gasteiger partial charge in [0.15, 0.2) is 0 Å². The zero-order valence-corrected chi connectivity index (χ0v) is 16.7. The molecule has 1 N–H and O–H groups in total. The Labute approximate surface area is 114 Å². The Bertz CT molecular complexity index is 296. The summed E-state index contributed by atoms with van der Waals surface area (Å²) in [4.78, 5) is 0. The van der Waals surface area contributed by atoms with Gasteiger partial charge in [-0.05, 0) is 52.8 Å². The molecule has 1 aliphatic rings. The van der Waals surface area contributed by atoms with Crippen LogP contribution in [0.15, 0.2) is 0 Å². The van der Waals surface area contributed by atoms with E-state index in [1.807, 2.05) is 45.8 Å². The molecule has 0 aromatic rings. The zero-order valence-electron chi connectivity index (χ0n) is 12.7. The molecule has 1 atom stereocenters. The first-order valence-corrected chi connectivity index (χ1v) is 17.1. The van der Waals surface area contributed by atoms with Gasteiger partial charge in [0.1, 0.15) is 0 Å². The Hall–Kier alpha value is 0.668. The van der Waals surface area contributed by atoms with E-state index < -0.39 is 40.0 Å². The number of rotatable bonds is 1. The molecule has 5 nitrogen and oxygen atoms in total. The lowest BCUT2D eigenvalue weighted by Crippen LogP contribution is -2.68. The maximum Gasteiger partial charge on any atom is 0.346 e. The Morgan fingerprint density at radius 1 is 0.667 bits per heavy atom. The third-order valence-corrected chi connectivity index (χ3v) is 19.2. The van der Waals surface area contributed by atoms with Gasteiger partial charge in [0.2, 0.25) is 0 Å². The summed E-state index contributed by atoms with van der Waals surface area (Å²) in [6.45, 7) is 15.6. The molecule has 0 aromatic carbocycles. The van der Waals surface area contributed by atoms with Crippen LogP contribution < -0.4 is 0 Å². The quantitative estimate of drug-likeness (QED) is 0.748. The molecule has 18 heavy (non-hydrogen) atoms. The van der Waals surface area contributed by atoms with E-state index in [0.717, 1.165) is 0 Å². The highest BCUT2D eigenvalue weighted by molar-refractivity contribution is 6.93. The van der Waals surface area contributed by atoms with Crippen molar-refractivity contribution in [2.24, 2.45) is 0 Å². The number of hydrogen-bond acceptors (Lipinski definition) is 5. The van der Waals surface area contributed by atoms with Crippen LogP contribution in [0.25, 0.3) is 0 Å². The van der Waals surface area contributed by atoms with Crippen LogP contribution in [0, 0.1) is 0 Å². The normalized spacial score (nSPS) is 31.2. The molecule has 108 valence electrons. The Balaban J connectivity index is 3.10. The van der Waals surface area contributed by atoms with Crippen molar-refractivity contribution in [2.45, 2.75) is 58.5 Å².